The number of rotatable bonds is 3. The Kier molecular flexibility index (Phi) is 3.38. The van der Waals surface area contributed by atoms with Gasteiger partial charge < -0.3 is 4.31 Å². The van der Waals surface area contributed by atoms with Crippen molar-refractivity contribution in [2.75, 3.05) is 6.54 Å². The fraction of sp³-hybridized carbons (Fsp3) is 0.273. The minimum absolute atomic E-state index is 0.116. The number of nitrogens with zero attached hydrogens (tertiary/aromatic N) is 1. The predicted octanol–water partition coefficient (Wildman–Crippen LogP) is 3.27. The van der Waals surface area contributed by atoms with Gasteiger partial charge in [-0.3, -0.25) is 0 Å². The van der Waals surface area contributed by atoms with E-state index in [4.69, 9.17) is 11.6 Å². The van der Waals surface area contributed by atoms with E-state index in [0.29, 0.717) is 0 Å². The first-order valence-corrected chi connectivity index (χ1v) is 5.91. The van der Waals surface area contributed by atoms with Gasteiger partial charge in [-0.15, -0.1) is 11.6 Å². The quantitative estimate of drug-likeness (QED) is 0.574. The second-order valence-corrected chi connectivity index (χ2v) is 5.09. The third-order valence-electron chi connectivity index (χ3n) is 2.10. The first-order valence-electron chi connectivity index (χ1n) is 4.64. The normalized spacial score (nSPS) is 20.4. The van der Waals surface area contributed by atoms with Crippen molar-refractivity contribution >= 4 is 23.5 Å². The highest BCUT2D eigenvalue weighted by atomic mass is 35.5. The molecule has 1 unspecified atom stereocenters. The summed E-state index contributed by atoms with van der Waals surface area (Å²) in [5.74, 6) is 0. The summed E-state index contributed by atoms with van der Waals surface area (Å²) in [6.45, 7) is 1.02. The molecule has 0 bridgehead atoms. The summed E-state index contributed by atoms with van der Waals surface area (Å²) in [6.07, 6.45) is 5.14. The smallest absolute Gasteiger partial charge is 0.118 e. The van der Waals surface area contributed by atoms with Gasteiger partial charge in [0.25, 0.3) is 0 Å². The molecule has 0 saturated heterocycles. The highest BCUT2D eigenvalue weighted by Crippen LogP contribution is 2.28. The fourth-order valence-corrected chi connectivity index (χ4v) is 2.48. The van der Waals surface area contributed by atoms with Crippen molar-refractivity contribution < 1.29 is 0 Å². The molecule has 0 spiro atoms. The van der Waals surface area contributed by atoms with Crippen LogP contribution in [-0.4, -0.2) is 15.6 Å². The van der Waals surface area contributed by atoms with E-state index in [9.17, 15) is 0 Å². The van der Waals surface area contributed by atoms with E-state index < -0.39 is 0 Å². The van der Waals surface area contributed by atoms with Crippen LogP contribution in [0.1, 0.15) is 5.56 Å². The molecule has 1 heterocycles. The number of hydrogen-bond acceptors (Lipinski definition) is 2. The molecule has 0 N–H and O–H groups in total. The van der Waals surface area contributed by atoms with Crippen LogP contribution in [0.25, 0.3) is 0 Å². The van der Waals surface area contributed by atoms with Crippen LogP contribution in [-0.2, 0) is 6.42 Å². The average Bonchev–Trinajstić information content (AvgIpc) is 2.63. The summed E-state index contributed by atoms with van der Waals surface area (Å²) in [7, 11) is 0. The standard InChI is InChI=1S/C11H12ClNS/c12-11-7-9-13(14-11)8-6-10-4-2-1-3-5-10/h1-5,7,9,11H,6,8H2. The number of alkyl halides is 1. The third-order valence-corrected chi connectivity index (χ3v) is 3.42. The van der Waals surface area contributed by atoms with Gasteiger partial charge in [-0.1, -0.05) is 30.3 Å². The van der Waals surface area contributed by atoms with Gasteiger partial charge >= 0.3 is 0 Å². The monoisotopic (exact) mass is 225 g/mol. The lowest BCUT2D eigenvalue weighted by Gasteiger charge is -2.14. The molecule has 2 rings (SSSR count). The molecule has 1 aliphatic rings. The second kappa shape index (κ2) is 4.76. The van der Waals surface area contributed by atoms with Crippen molar-refractivity contribution in [3.63, 3.8) is 0 Å². The number of benzene rings is 1. The van der Waals surface area contributed by atoms with Crippen LogP contribution in [0, 0.1) is 0 Å². The molecule has 14 heavy (non-hydrogen) atoms. The molecule has 1 aromatic carbocycles. The Morgan fingerprint density at radius 2 is 2.07 bits per heavy atom. The van der Waals surface area contributed by atoms with Gasteiger partial charge in [-0.05, 0) is 30.0 Å². The summed E-state index contributed by atoms with van der Waals surface area (Å²) in [5, 5.41) is 0. The molecule has 0 radical (unpaired) electrons. The molecule has 0 fully saturated rings. The molecule has 0 saturated carbocycles. The van der Waals surface area contributed by atoms with E-state index in [0.717, 1.165) is 13.0 Å². The first-order chi connectivity index (χ1) is 6.84. The van der Waals surface area contributed by atoms with Crippen molar-refractivity contribution in [3.05, 3.63) is 48.2 Å². The minimum atomic E-state index is 0.116. The van der Waals surface area contributed by atoms with Crippen LogP contribution in [0.3, 0.4) is 0 Å². The lowest BCUT2D eigenvalue weighted by atomic mass is 10.1. The predicted molar refractivity (Wildman–Crippen MR) is 63.2 cm³/mol. The highest BCUT2D eigenvalue weighted by molar-refractivity contribution is 7.99. The van der Waals surface area contributed by atoms with E-state index in [2.05, 4.69) is 34.8 Å². The van der Waals surface area contributed by atoms with Gasteiger partial charge in [0, 0.05) is 12.7 Å². The highest BCUT2D eigenvalue weighted by Gasteiger charge is 2.13. The third kappa shape index (κ3) is 2.69. The lowest BCUT2D eigenvalue weighted by molar-refractivity contribution is 0.626. The van der Waals surface area contributed by atoms with Crippen LogP contribution < -0.4 is 0 Å². The van der Waals surface area contributed by atoms with E-state index in [-0.39, 0.29) is 4.71 Å². The molecule has 1 aromatic rings. The Morgan fingerprint density at radius 3 is 2.71 bits per heavy atom. The Labute approximate surface area is 93.9 Å². The lowest BCUT2D eigenvalue weighted by Crippen LogP contribution is -2.10. The van der Waals surface area contributed by atoms with Crippen molar-refractivity contribution in [3.8, 4) is 0 Å². The molecule has 0 amide bonds. The summed E-state index contributed by atoms with van der Waals surface area (Å²) < 4.78 is 2.30. The molecule has 0 aromatic heterocycles. The molecule has 74 valence electrons. The molecule has 1 nitrogen and oxygen atoms in total. The Morgan fingerprint density at radius 1 is 1.29 bits per heavy atom. The SMILES string of the molecule is ClC1C=CN(CCc2ccccc2)S1. The molecule has 0 aliphatic carbocycles. The number of halogens is 1. The maximum Gasteiger partial charge on any atom is 0.118 e. The van der Waals surface area contributed by atoms with Crippen LogP contribution in [0.2, 0.25) is 0 Å². The van der Waals surface area contributed by atoms with Gasteiger partial charge in [0.15, 0.2) is 0 Å². The second-order valence-electron chi connectivity index (χ2n) is 3.17. The van der Waals surface area contributed by atoms with Crippen molar-refractivity contribution in [2.45, 2.75) is 11.1 Å². The van der Waals surface area contributed by atoms with Gasteiger partial charge in [0.1, 0.15) is 4.71 Å². The van der Waals surface area contributed by atoms with Gasteiger partial charge in [-0.2, -0.15) is 0 Å². The molecule has 1 atom stereocenters. The number of hydrogen-bond donors (Lipinski definition) is 0. The van der Waals surface area contributed by atoms with Crippen molar-refractivity contribution in [1.29, 1.82) is 0 Å². The van der Waals surface area contributed by atoms with E-state index in [1.54, 1.807) is 11.9 Å². The zero-order valence-electron chi connectivity index (χ0n) is 7.77. The molecular weight excluding hydrogens is 214 g/mol. The summed E-state index contributed by atoms with van der Waals surface area (Å²) in [4.78, 5) is 0. The van der Waals surface area contributed by atoms with Gasteiger partial charge in [0.2, 0.25) is 0 Å². The van der Waals surface area contributed by atoms with E-state index >= 15 is 0 Å². The molecular formula is C11H12ClNS. The summed E-state index contributed by atoms with van der Waals surface area (Å²) in [6, 6.07) is 10.5. The summed E-state index contributed by atoms with van der Waals surface area (Å²) in [5.41, 5.74) is 1.37. The summed E-state index contributed by atoms with van der Waals surface area (Å²) >= 11 is 7.60. The first kappa shape index (κ1) is 9.94. The van der Waals surface area contributed by atoms with Gasteiger partial charge in [0.05, 0.1) is 0 Å². The van der Waals surface area contributed by atoms with Gasteiger partial charge in [-0.25, -0.2) is 0 Å². The zero-order valence-corrected chi connectivity index (χ0v) is 9.34. The largest absolute Gasteiger partial charge is 0.322 e. The molecule has 1 aliphatic heterocycles. The topological polar surface area (TPSA) is 3.24 Å². The zero-order chi connectivity index (χ0) is 9.80. The fourth-order valence-electron chi connectivity index (χ4n) is 1.37. The van der Waals surface area contributed by atoms with Crippen LogP contribution in [0.4, 0.5) is 0 Å². The Balaban J connectivity index is 1.81. The van der Waals surface area contributed by atoms with Crippen molar-refractivity contribution in [2.24, 2.45) is 0 Å². The van der Waals surface area contributed by atoms with Crippen molar-refractivity contribution in [1.82, 2.24) is 4.31 Å². The van der Waals surface area contributed by atoms with E-state index in [1.165, 1.54) is 5.56 Å². The van der Waals surface area contributed by atoms with Crippen LogP contribution in [0.5, 0.6) is 0 Å². The Bertz CT molecular complexity index is 312. The molecule has 3 heteroatoms. The minimum Gasteiger partial charge on any atom is -0.322 e. The average molecular weight is 226 g/mol. The Hall–Kier alpha value is -0.600. The maximum atomic E-state index is 5.92. The van der Waals surface area contributed by atoms with E-state index in [1.807, 2.05) is 12.1 Å². The maximum absolute atomic E-state index is 5.92. The van der Waals surface area contributed by atoms with Crippen LogP contribution >= 0.6 is 23.5 Å². The van der Waals surface area contributed by atoms with Crippen LogP contribution in [0.15, 0.2) is 42.6 Å².